The summed E-state index contributed by atoms with van der Waals surface area (Å²) in [6, 6.07) is 6.54. The highest BCUT2D eigenvalue weighted by Crippen LogP contribution is 2.28. The molecule has 0 aromatic heterocycles. The minimum Gasteiger partial charge on any atom is -0.493 e. The first kappa shape index (κ1) is 16.1. The van der Waals surface area contributed by atoms with Crippen LogP contribution in [0.4, 0.5) is 0 Å². The highest BCUT2D eigenvalue weighted by molar-refractivity contribution is 5.42. The van der Waals surface area contributed by atoms with Crippen LogP contribution in [0.25, 0.3) is 0 Å². The predicted octanol–water partition coefficient (Wildman–Crippen LogP) is 1.51. The quantitative estimate of drug-likeness (QED) is 0.826. The van der Waals surface area contributed by atoms with Crippen LogP contribution >= 0.6 is 0 Å². The van der Waals surface area contributed by atoms with E-state index in [-0.39, 0.29) is 0 Å². The van der Waals surface area contributed by atoms with Crippen molar-refractivity contribution in [3.05, 3.63) is 23.8 Å². The Hall–Kier alpha value is -1.30. The minimum atomic E-state index is 0.423. The van der Waals surface area contributed by atoms with E-state index in [1.54, 1.807) is 14.2 Å². The van der Waals surface area contributed by atoms with Gasteiger partial charge in [0.15, 0.2) is 11.5 Å². The topological polar surface area (TPSA) is 43.0 Å². The number of hydrogen-bond donors (Lipinski definition) is 1. The SMILES string of the molecule is CCNCC1COCCN1Cc1ccc(OC)c(OC)c1. The maximum atomic E-state index is 5.60. The van der Waals surface area contributed by atoms with Gasteiger partial charge in [-0.05, 0) is 24.2 Å². The highest BCUT2D eigenvalue weighted by atomic mass is 16.5. The summed E-state index contributed by atoms with van der Waals surface area (Å²) in [7, 11) is 3.33. The Labute approximate surface area is 127 Å². The molecule has 0 radical (unpaired) electrons. The number of likely N-dealkylation sites (N-methyl/N-ethyl adjacent to an activating group) is 1. The number of benzene rings is 1. The fraction of sp³-hybridized carbons (Fsp3) is 0.625. The summed E-state index contributed by atoms with van der Waals surface area (Å²) in [6.45, 7) is 7.53. The van der Waals surface area contributed by atoms with Gasteiger partial charge in [-0.2, -0.15) is 0 Å². The highest BCUT2D eigenvalue weighted by Gasteiger charge is 2.22. The first-order chi connectivity index (χ1) is 10.3. The third-order valence-corrected chi connectivity index (χ3v) is 3.81. The van der Waals surface area contributed by atoms with Gasteiger partial charge in [0.05, 0.1) is 27.4 Å². The molecule has 0 aliphatic carbocycles. The van der Waals surface area contributed by atoms with E-state index in [1.165, 1.54) is 5.56 Å². The fourth-order valence-corrected chi connectivity index (χ4v) is 2.61. The van der Waals surface area contributed by atoms with Gasteiger partial charge in [-0.1, -0.05) is 13.0 Å². The molecular formula is C16H26N2O3. The molecule has 1 aromatic rings. The molecule has 5 nitrogen and oxygen atoms in total. The molecule has 2 rings (SSSR count). The van der Waals surface area contributed by atoms with Crippen molar-refractivity contribution in [3.8, 4) is 11.5 Å². The van der Waals surface area contributed by atoms with Crippen molar-refractivity contribution in [2.75, 3.05) is 47.1 Å². The number of nitrogens with one attached hydrogen (secondary N) is 1. The molecule has 5 heteroatoms. The lowest BCUT2D eigenvalue weighted by atomic mass is 10.1. The maximum absolute atomic E-state index is 5.60. The lowest BCUT2D eigenvalue weighted by Gasteiger charge is -2.35. The van der Waals surface area contributed by atoms with Crippen LogP contribution < -0.4 is 14.8 Å². The van der Waals surface area contributed by atoms with E-state index in [4.69, 9.17) is 14.2 Å². The van der Waals surface area contributed by atoms with Crippen molar-refractivity contribution in [2.24, 2.45) is 0 Å². The first-order valence-corrected chi connectivity index (χ1v) is 7.52. The third kappa shape index (κ3) is 4.33. The van der Waals surface area contributed by atoms with E-state index in [2.05, 4.69) is 29.3 Å². The molecule has 118 valence electrons. The molecule has 1 aromatic carbocycles. The molecule has 0 bridgehead atoms. The molecule has 1 N–H and O–H groups in total. The van der Waals surface area contributed by atoms with Crippen molar-refractivity contribution in [3.63, 3.8) is 0 Å². The normalized spacial score (nSPS) is 19.5. The number of rotatable bonds is 7. The molecular weight excluding hydrogens is 268 g/mol. The molecule has 21 heavy (non-hydrogen) atoms. The average molecular weight is 294 g/mol. The number of ether oxygens (including phenoxy) is 3. The Morgan fingerprint density at radius 1 is 1.29 bits per heavy atom. The van der Waals surface area contributed by atoms with E-state index < -0.39 is 0 Å². The second kappa shape index (κ2) is 8.22. The van der Waals surface area contributed by atoms with E-state index >= 15 is 0 Å². The van der Waals surface area contributed by atoms with E-state index in [1.807, 2.05) is 6.07 Å². The molecule has 1 aliphatic heterocycles. The van der Waals surface area contributed by atoms with Crippen LogP contribution in [0.15, 0.2) is 18.2 Å². The van der Waals surface area contributed by atoms with E-state index in [9.17, 15) is 0 Å². The lowest BCUT2D eigenvalue weighted by Crippen LogP contribution is -2.49. The Kier molecular flexibility index (Phi) is 6.29. The summed E-state index contributed by atoms with van der Waals surface area (Å²) in [4.78, 5) is 2.47. The van der Waals surface area contributed by atoms with Gasteiger partial charge in [0.25, 0.3) is 0 Å². The molecule has 1 saturated heterocycles. The molecule has 1 unspecified atom stereocenters. The summed E-state index contributed by atoms with van der Waals surface area (Å²) < 4.78 is 16.3. The fourth-order valence-electron chi connectivity index (χ4n) is 2.61. The molecule has 0 amide bonds. The van der Waals surface area contributed by atoms with Gasteiger partial charge in [-0.25, -0.2) is 0 Å². The van der Waals surface area contributed by atoms with Crippen LogP contribution in [-0.4, -0.2) is 58.0 Å². The minimum absolute atomic E-state index is 0.423. The van der Waals surface area contributed by atoms with Crippen molar-refractivity contribution in [1.82, 2.24) is 10.2 Å². The average Bonchev–Trinajstić information content (AvgIpc) is 2.54. The van der Waals surface area contributed by atoms with Gasteiger partial charge in [0.2, 0.25) is 0 Å². The zero-order valence-corrected chi connectivity index (χ0v) is 13.2. The number of morpholine rings is 1. The van der Waals surface area contributed by atoms with Crippen LogP contribution in [-0.2, 0) is 11.3 Å². The van der Waals surface area contributed by atoms with Gasteiger partial charge in [-0.3, -0.25) is 4.90 Å². The molecule has 1 fully saturated rings. The van der Waals surface area contributed by atoms with Gasteiger partial charge in [0.1, 0.15) is 0 Å². The maximum Gasteiger partial charge on any atom is 0.161 e. The van der Waals surface area contributed by atoms with E-state index in [0.717, 1.165) is 50.9 Å². The Morgan fingerprint density at radius 3 is 2.81 bits per heavy atom. The van der Waals surface area contributed by atoms with E-state index in [0.29, 0.717) is 6.04 Å². The molecule has 1 aliphatic rings. The largest absolute Gasteiger partial charge is 0.493 e. The van der Waals surface area contributed by atoms with Crippen molar-refractivity contribution in [2.45, 2.75) is 19.5 Å². The van der Waals surface area contributed by atoms with Crippen LogP contribution in [0, 0.1) is 0 Å². The zero-order valence-electron chi connectivity index (χ0n) is 13.2. The van der Waals surface area contributed by atoms with Gasteiger partial charge in [-0.15, -0.1) is 0 Å². The standard InChI is InChI=1S/C16H26N2O3/c1-4-17-10-14-12-21-8-7-18(14)11-13-5-6-15(19-2)16(9-13)20-3/h5-6,9,14,17H,4,7-8,10-12H2,1-3H3. The van der Waals surface area contributed by atoms with Gasteiger partial charge >= 0.3 is 0 Å². The smallest absolute Gasteiger partial charge is 0.161 e. The second-order valence-corrected chi connectivity index (χ2v) is 5.20. The summed E-state index contributed by atoms with van der Waals surface area (Å²) in [5.41, 5.74) is 1.23. The first-order valence-electron chi connectivity index (χ1n) is 7.52. The molecule has 1 atom stereocenters. The predicted molar refractivity (Wildman–Crippen MR) is 83.1 cm³/mol. The zero-order chi connectivity index (χ0) is 15.1. The van der Waals surface area contributed by atoms with Crippen molar-refractivity contribution >= 4 is 0 Å². The van der Waals surface area contributed by atoms with Crippen LogP contribution in [0.5, 0.6) is 11.5 Å². The Morgan fingerprint density at radius 2 is 2.10 bits per heavy atom. The molecule has 1 heterocycles. The van der Waals surface area contributed by atoms with Crippen LogP contribution in [0.3, 0.4) is 0 Å². The number of nitrogens with zero attached hydrogens (tertiary/aromatic N) is 1. The van der Waals surface area contributed by atoms with Crippen molar-refractivity contribution in [1.29, 1.82) is 0 Å². The molecule has 0 saturated carbocycles. The lowest BCUT2D eigenvalue weighted by molar-refractivity contribution is -0.0107. The second-order valence-electron chi connectivity index (χ2n) is 5.20. The third-order valence-electron chi connectivity index (χ3n) is 3.81. The molecule has 0 spiro atoms. The van der Waals surface area contributed by atoms with Crippen LogP contribution in [0.1, 0.15) is 12.5 Å². The van der Waals surface area contributed by atoms with Gasteiger partial charge in [0, 0.05) is 25.7 Å². The summed E-state index contributed by atoms with van der Waals surface area (Å²) >= 11 is 0. The number of methoxy groups -OCH3 is 2. The van der Waals surface area contributed by atoms with Crippen molar-refractivity contribution < 1.29 is 14.2 Å². The monoisotopic (exact) mass is 294 g/mol. The van der Waals surface area contributed by atoms with Crippen LogP contribution in [0.2, 0.25) is 0 Å². The van der Waals surface area contributed by atoms with Gasteiger partial charge < -0.3 is 19.5 Å². The summed E-state index contributed by atoms with van der Waals surface area (Å²) in [6.07, 6.45) is 0. The Balaban J connectivity index is 2.04. The number of hydrogen-bond acceptors (Lipinski definition) is 5. The summed E-state index contributed by atoms with van der Waals surface area (Å²) in [5.74, 6) is 1.55. The Bertz CT molecular complexity index is 440. The summed E-state index contributed by atoms with van der Waals surface area (Å²) in [5, 5.41) is 3.41.